The van der Waals surface area contributed by atoms with Crippen molar-refractivity contribution in [2.45, 2.75) is 26.6 Å². The second-order valence-electron chi connectivity index (χ2n) is 6.08. The summed E-state index contributed by atoms with van der Waals surface area (Å²) in [4.78, 5) is 24.7. The number of nitrogens with one attached hydrogen (secondary N) is 1. The molecule has 0 aliphatic carbocycles. The number of rotatable bonds is 5. The molecule has 3 rings (SSSR count). The van der Waals surface area contributed by atoms with Crippen LogP contribution in [0.25, 0.3) is 0 Å². The van der Waals surface area contributed by atoms with Crippen molar-refractivity contribution in [2.24, 2.45) is 0 Å². The van der Waals surface area contributed by atoms with Gasteiger partial charge in [0.05, 0.1) is 4.92 Å². The molecule has 0 saturated carbocycles. The van der Waals surface area contributed by atoms with Crippen molar-refractivity contribution in [1.29, 1.82) is 0 Å². The van der Waals surface area contributed by atoms with Crippen LogP contribution in [0.2, 0.25) is 0 Å². The normalized spacial score (nSPS) is 17.1. The van der Waals surface area contributed by atoms with Gasteiger partial charge in [-0.3, -0.25) is 14.9 Å². The van der Waals surface area contributed by atoms with Crippen LogP contribution in [0.15, 0.2) is 65.7 Å². The summed E-state index contributed by atoms with van der Waals surface area (Å²) < 4.78 is 0. The van der Waals surface area contributed by atoms with Crippen molar-refractivity contribution >= 4 is 17.3 Å². The number of hydrogen-bond donors (Lipinski definition) is 1. The summed E-state index contributed by atoms with van der Waals surface area (Å²) in [6.07, 6.45) is -0.269. The Labute approximate surface area is 145 Å². The van der Waals surface area contributed by atoms with Crippen molar-refractivity contribution in [3.8, 4) is 0 Å². The molecule has 0 bridgehead atoms. The van der Waals surface area contributed by atoms with Crippen molar-refractivity contribution in [3.63, 3.8) is 0 Å². The van der Waals surface area contributed by atoms with Gasteiger partial charge in [-0.25, -0.2) is 0 Å². The molecular weight excluding hydrogens is 318 g/mol. The predicted molar refractivity (Wildman–Crippen MR) is 95.9 cm³/mol. The lowest BCUT2D eigenvalue weighted by Gasteiger charge is -2.28. The zero-order chi connectivity index (χ0) is 18.0. The fourth-order valence-electron chi connectivity index (χ4n) is 2.91. The number of anilines is 1. The number of nitro groups is 1. The Balaban J connectivity index is 1.83. The van der Waals surface area contributed by atoms with Crippen LogP contribution in [0.1, 0.15) is 19.4 Å². The Morgan fingerprint density at radius 1 is 1.08 bits per heavy atom. The van der Waals surface area contributed by atoms with Crippen LogP contribution < -0.4 is 5.32 Å². The van der Waals surface area contributed by atoms with Gasteiger partial charge in [-0.2, -0.15) is 0 Å². The monoisotopic (exact) mass is 337 g/mol. The molecule has 6 nitrogen and oxygen atoms in total. The molecule has 0 fully saturated rings. The maximum absolute atomic E-state index is 12.6. The van der Waals surface area contributed by atoms with Crippen molar-refractivity contribution in [2.75, 3.05) is 5.32 Å². The van der Waals surface area contributed by atoms with E-state index in [1.807, 2.05) is 44.2 Å². The van der Waals surface area contributed by atoms with Crippen molar-refractivity contribution < 1.29 is 9.72 Å². The highest BCUT2D eigenvalue weighted by atomic mass is 16.6. The third-order valence-corrected chi connectivity index (χ3v) is 4.47. The summed E-state index contributed by atoms with van der Waals surface area (Å²) in [6.45, 7) is 4.26. The summed E-state index contributed by atoms with van der Waals surface area (Å²) in [5, 5.41) is 14.1. The number of benzene rings is 2. The average molecular weight is 337 g/mol. The summed E-state index contributed by atoms with van der Waals surface area (Å²) in [5.74, 6) is 0.000708. The highest BCUT2D eigenvalue weighted by Gasteiger charge is 2.34. The first-order valence-electron chi connectivity index (χ1n) is 8.00. The Morgan fingerprint density at radius 3 is 2.32 bits per heavy atom. The first kappa shape index (κ1) is 16.7. The number of nitrogens with zero attached hydrogens (tertiary/aromatic N) is 2. The zero-order valence-corrected chi connectivity index (χ0v) is 14.1. The second kappa shape index (κ2) is 6.76. The second-order valence-corrected chi connectivity index (χ2v) is 6.08. The fraction of sp³-hybridized carbons (Fsp3) is 0.211. The molecule has 25 heavy (non-hydrogen) atoms. The van der Waals surface area contributed by atoms with E-state index in [4.69, 9.17) is 0 Å². The van der Waals surface area contributed by atoms with E-state index in [1.165, 1.54) is 12.1 Å². The van der Waals surface area contributed by atoms with Crippen LogP contribution in [0.4, 0.5) is 11.4 Å². The van der Waals surface area contributed by atoms with Crippen LogP contribution >= 0.6 is 0 Å². The molecule has 2 aromatic rings. The van der Waals surface area contributed by atoms with E-state index in [9.17, 15) is 14.9 Å². The highest BCUT2D eigenvalue weighted by molar-refractivity contribution is 5.97. The van der Waals surface area contributed by atoms with E-state index in [2.05, 4.69) is 5.32 Å². The van der Waals surface area contributed by atoms with Crippen LogP contribution in [0, 0.1) is 10.1 Å². The number of hydrogen-bond acceptors (Lipinski definition) is 4. The smallest absolute Gasteiger partial charge is 0.269 e. The summed E-state index contributed by atoms with van der Waals surface area (Å²) in [7, 11) is 0. The van der Waals surface area contributed by atoms with Gasteiger partial charge in [0.25, 0.3) is 11.6 Å². The van der Waals surface area contributed by atoms with Crippen LogP contribution in [-0.2, 0) is 11.3 Å². The minimum absolute atomic E-state index is 0.000708. The van der Waals surface area contributed by atoms with Gasteiger partial charge in [0.1, 0.15) is 6.17 Å². The third-order valence-electron chi connectivity index (χ3n) is 4.47. The maximum atomic E-state index is 12.6. The molecule has 1 N–H and O–H groups in total. The van der Waals surface area contributed by atoms with E-state index in [0.29, 0.717) is 6.54 Å². The Morgan fingerprint density at radius 2 is 1.72 bits per heavy atom. The maximum Gasteiger partial charge on any atom is 0.269 e. The van der Waals surface area contributed by atoms with Crippen LogP contribution in [-0.4, -0.2) is 21.9 Å². The number of nitro benzene ring substituents is 1. The Kier molecular flexibility index (Phi) is 4.52. The first-order valence-corrected chi connectivity index (χ1v) is 8.00. The molecule has 0 saturated heterocycles. The molecular formula is C19H19N3O3. The molecule has 0 unspecified atom stereocenters. The van der Waals surface area contributed by atoms with Gasteiger partial charge in [-0.1, -0.05) is 30.3 Å². The molecule has 1 aliphatic heterocycles. The third kappa shape index (κ3) is 3.38. The average Bonchev–Trinajstić information content (AvgIpc) is 2.81. The molecule has 1 amide bonds. The van der Waals surface area contributed by atoms with Gasteiger partial charge in [0, 0.05) is 29.9 Å². The molecule has 1 heterocycles. The lowest BCUT2D eigenvalue weighted by atomic mass is 10.1. The summed E-state index contributed by atoms with van der Waals surface area (Å²) in [5.41, 5.74) is 3.51. The molecule has 2 aromatic carbocycles. The van der Waals surface area contributed by atoms with E-state index in [-0.39, 0.29) is 17.8 Å². The van der Waals surface area contributed by atoms with E-state index < -0.39 is 4.92 Å². The quantitative estimate of drug-likeness (QED) is 0.666. The predicted octanol–water partition coefficient (Wildman–Crippen LogP) is 3.71. The standard InChI is InChI=1S/C19H19N3O3/c1-13-14(2)19(23)21(12-15-6-4-3-5-7-15)18(13)20-16-8-10-17(11-9-16)22(24)25/h3-11,18,20H,12H2,1-2H3/t18-/m1/s1. The van der Waals surface area contributed by atoms with Gasteiger partial charge in [0.2, 0.25) is 0 Å². The van der Waals surface area contributed by atoms with Gasteiger partial charge >= 0.3 is 0 Å². The molecule has 1 aliphatic rings. The van der Waals surface area contributed by atoms with Gasteiger partial charge in [-0.15, -0.1) is 0 Å². The fourth-order valence-corrected chi connectivity index (χ4v) is 2.91. The largest absolute Gasteiger partial charge is 0.362 e. The zero-order valence-electron chi connectivity index (χ0n) is 14.1. The highest BCUT2D eigenvalue weighted by Crippen LogP contribution is 2.29. The molecule has 0 spiro atoms. The lowest BCUT2D eigenvalue weighted by Crippen LogP contribution is -2.40. The molecule has 6 heteroatoms. The van der Waals surface area contributed by atoms with Crippen molar-refractivity contribution in [3.05, 3.63) is 81.4 Å². The van der Waals surface area contributed by atoms with E-state index in [1.54, 1.807) is 17.0 Å². The molecule has 128 valence electrons. The number of non-ortho nitro benzene ring substituents is 1. The molecule has 0 aromatic heterocycles. The van der Waals surface area contributed by atoms with E-state index in [0.717, 1.165) is 22.4 Å². The minimum Gasteiger partial charge on any atom is -0.362 e. The van der Waals surface area contributed by atoms with Crippen molar-refractivity contribution in [1.82, 2.24) is 4.90 Å². The first-order chi connectivity index (χ1) is 12.0. The minimum atomic E-state index is -0.431. The van der Waals surface area contributed by atoms with Gasteiger partial charge < -0.3 is 10.2 Å². The number of amides is 1. The van der Waals surface area contributed by atoms with Crippen LogP contribution in [0.5, 0.6) is 0 Å². The van der Waals surface area contributed by atoms with Gasteiger partial charge in [-0.05, 0) is 37.1 Å². The topological polar surface area (TPSA) is 75.5 Å². The van der Waals surface area contributed by atoms with Gasteiger partial charge in [0.15, 0.2) is 0 Å². The van der Waals surface area contributed by atoms with Crippen LogP contribution in [0.3, 0.4) is 0 Å². The molecule has 1 atom stereocenters. The summed E-state index contributed by atoms with van der Waals surface area (Å²) >= 11 is 0. The Hall–Kier alpha value is -3.15. The lowest BCUT2D eigenvalue weighted by molar-refractivity contribution is -0.384. The number of carbonyl (C=O) groups is 1. The summed E-state index contributed by atoms with van der Waals surface area (Å²) in [6, 6.07) is 16.0. The Bertz CT molecular complexity index is 829. The van der Waals surface area contributed by atoms with E-state index >= 15 is 0 Å². The molecule has 0 radical (unpaired) electrons. The SMILES string of the molecule is CC1=C(C)[C@H](Nc2ccc([N+](=O)[O-])cc2)N(Cc2ccccc2)C1=O. The number of carbonyl (C=O) groups excluding carboxylic acids is 1.